The molecule has 0 saturated carbocycles. The molecule has 0 amide bonds. The average Bonchev–Trinajstić information content (AvgIpc) is 2.41. The maximum atomic E-state index is 10.6. The normalized spacial score (nSPS) is 14.2. The zero-order valence-electron chi connectivity index (χ0n) is 12.2. The maximum Gasteiger partial charge on any atom is 0.125 e. The summed E-state index contributed by atoms with van der Waals surface area (Å²) in [4.78, 5) is 0. The standard InChI is InChI=1S/C16H25BrO2/c1-4-7-8-12(5-2)16(18)14-11-13(17)9-10-15(14)19-6-3/h9-12,16,18H,4-8H2,1-3H3. The monoisotopic (exact) mass is 328 g/mol. The van der Waals surface area contributed by atoms with Crippen LogP contribution in [0.4, 0.5) is 0 Å². The van der Waals surface area contributed by atoms with Crippen molar-refractivity contribution in [1.82, 2.24) is 0 Å². The van der Waals surface area contributed by atoms with Crippen molar-refractivity contribution in [2.45, 2.75) is 52.6 Å². The van der Waals surface area contributed by atoms with Gasteiger partial charge in [0.1, 0.15) is 5.75 Å². The molecular weight excluding hydrogens is 304 g/mol. The molecule has 19 heavy (non-hydrogen) atoms. The van der Waals surface area contributed by atoms with Crippen LogP contribution >= 0.6 is 15.9 Å². The van der Waals surface area contributed by atoms with Crippen LogP contribution in [-0.2, 0) is 0 Å². The summed E-state index contributed by atoms with van der Waals surface area (Å²) in [6.45, 7) is 6.91. The second-order valence-corrected chi connectivity index (χ2v) is 5.79. The van der Waals surface area contributed by atoms with Crippen LogP contribution < -0.4 is 4.74 Å². The van der Waals surface area contributed by atoms with Gasteiger partial charge in [0.15, 0.2) is 0 Å². The molecule has 0 bridgehead atoms. The van der Waals surface area contributed by atoms with E-state index in [1.807, 2.05) is 25.1 Å². The van der Waals surface area contributed by atoms with Crippen LogP contribution in [0.5, 0.6) is 5.75 Å². The van der Waals surface area contributed by atoms with Crippen LogP contribution in [0.3, 0.4) is 0 Å². The van der Waals surface area contributed by atoms with E-state index in [0.717, 1.165) is 35.0 Å². The number of benzene rings is 1. The van der Waals surface area contributed by atoms with Crippen molar-refractivity contribution < 1.29 is 9.84 Å². The largest absolute Gasteiger partial charge is 0.493 e. The van der Waals surface area contributed by atoms with Crippen LogP contribution in [0.15, 0.2) is 22.7 Å². The van der Waals surface area contributed by atoms with E-state index in [9.17, 15) is 5.11 Å². The van der Waals surface area contributed by atoms with Crippen LogP contribution in [0.25, 0.3) is 0 Å². The van der Waals surface area contributed by atoms with E-state index in [2.05, 4.69) is 29.8 Å². The lowest BCUT2D eigenvalue weighted by Gasteiger charge is -2.24. The highest BCUT2D eigenvalue weighted by Gasteiger charge is 2.22. The van der Waals surface area contributed by atoms with Crippen molar-refractivity contribution in [3.63, 3.8) is 0 Å². The number of aliphatic hydroxyl groups excluding tert-OH is 1. The third-order valence-electron chi connectivity index (χ3n) is 3.49. The first-order valence-corrected chi connectivity index (χ1v) is 8.03. The summed E-state index contributed by atoms with van der Waals surface area (Å²) in [6, 6.07) is 5.86. The first-order chi connectivity index (χ1) is 9.13. The van der Waals surface area contributed by atoms with Crippen molar-refractivity contribution in [1.29, 1.82) is 0 Å². The van der Waals surface area contributed by atoms with Crippen LogP contribution in [0.1, 0.15) is 58.1 Å². The SMILES string of the molecule is CCCCC(CC)C(O)c1cc(Br)ccc1OCC. The Labute approximate surface area is 125 Å². The van der Waals surface area contributed by atoms with E-state index in [-0.39, 0.29) is 0 Å². The highest BCUT2D eigenvalue weighted by Crippen LogP contribution is 2.36. The molecule has 0 radical (unpaired) electrons. The Kier molecular flexibility index (Phi) is 7.47. The Morgan fingerprint density at radius 2 is 2.00 bits per heavy atom. The molecule has 0 aliphatic rings. The number of unbranched alkanes of at least 4 members (excludes halogenated alkanes) is 1. The third kappa shape index (κ3) is 4.81. The molecule has 1 aromatic carbocycles. The molecule has 0 fully saturated rings. The van der Waals surface area contributed by atoms with Crippen molar-refractivity contribution in [2.24, 2.45) is 5.92 Å². The van der Waals surface area contributed by atoms with E-state index in [1.165, 1.54) is 6.42 Å². The highest BCUT2D eigenvalue weighted by molar-refractivity contribution is 9.10. The average molecular weight is 329 g/mol. The first-order valence-electron chi connectivity index (χ1n) is 7.24. The fourth-order valence-electron chi connectivity index (χ4n) is 2.34. The van der Waals surface area contributed by atoms with Gasteiger partial charge in [0.05, 0.1) is 12.7 Å². The molecule has 1 N–H and O–H groups in total. The Bertz CT molecular complexity index is 379. The van der Waals surface area contributed by atoms with Gasteiger partial charge in [-0.25, -0.2) is 0 Å². The molecule has 0 aliphatic carbocycles. The summed E-state index contributed by atoms with van der Waals surface area (Å²) in [5, 5.41) is 10.6. The van der Waals surface area contributed by atoms with Gasteiger partial charge >= 0.3 is 0 Å². The molecule has 0 saturated heterocycles. The van der Waals surface area contributed by atoms with Crippen molar-refractivity contribution in [3.8, 4) is 5.75 Å². The van der Waals surface area contributed by atoms with E-state index in [0.29, 0.717) is 12.5 Å². The predicted molar refractivity (Wildman–Crippen MR) is 83.6 cm³/mol. The predicted octanol–water partition coefficient (Wildman–Crippen LogP) is 5.10. The molecule has 0 spiro atoms. The van der Waals surface area contributed by atoms with Gasteiger partial charge in [-0.15, -0.1) is 0 Å². The molecule has 1 rings (SSSR count). The Morgan fingerprint density at radius 1 is 1.26 bits per heavy atom. The Hall–Kier alpha value is -0.540. The van der Waals surface area contributed by atoms with Gasteiger partial charge in [0, 0.05) is 10.0 Å². The molecule has 2 unspecified atom stereocenters. The molecule has 108 valence electrons. The second-order valence-electron chi connectivity index (χ2n) is 4.87. The van der Waals surface area contributed by atoms with E-state index in [4.69, 9.17) is 4.74 Å². The quantitative estimate of drug-likeness (QED) is 0.719. The minimum absolute atomic E-state index is 0.299. The van der Waals surface area contributed by atoms with Crippen molar-refractivity contribution in [2.75, 3.05) is 6.61 Å². The molecule has 2 atom stereocenters. The molecular formula is C16H25BrO2. The summed E-state index contributed by atoms with van der Waals surface area (Å²) >= 11 is 3.47. The summed E-state index contributed by atoms with van der Waals surface area (Å²) in [7, 11) is 0. The fraction of sp³-hybridized carbons (Fsp3) is 0.625. The molecule has 3 heteroatoms. The van der Waals surface area contributed by atoms with Gasteiger partial charge in [-0.2, -0.15) is 0 Å². The van der Waals surface area contributed by atoms with Gasteiger partial charge < -0.3 is 9.84 Å². The summed E-state index contributed by atoms with van der Waals surface area (Å²) < 4.78 is 6.61. The lowest BCUT2D eigenvalue weighted by molar-refractivity contribution is 0.0954. The van der Waals surface area contributed by atoms with Crippen LogP contribution in [0.2, 0.25) is 0 Å². The van der Waals surface area contributed by atoms with Crippen molar-refractivity contribution >= 4 is 15.9 Å². The lowest BCUT2D eigenvalue weighted by atomic mass is 9.89. The smallest absolute Gasteiger partial charge is 0.125 e. The maximum absolute atomic E-state index is 10.6. The molecule has 2 nitrogen and oxygen atoms in total. The second kappa shape index (κ2) is 8.60. The summed E-state index contributed by atoms with van der Waals surface area (Å²) in [5.74, 6) is 1.10. The van der Waals surface area contributed by atoms with Gasteiger partial charge in [-0.3, -0.25) is 0 Å². The van der Waals surface area contributed by atoms with Crippen LogP contribution in [0, 0.1) is 5.92 Å². The van der Waals surface area contributed by atoms with E-state index >= 15 is 0 Å². The third-order valence-corrected chi connectivity index (χ3v) is 3.98. The Balaban J connectivity index is 2.94. The number of halogens is 1. The van der Waals surface area contributed by atoms with Gasteiger partial charge in [0.25, 0.3) is 0 Å². The summed E-state index contributed by atoms with van der Waals surface area (Å²) in [5.41, 5.74) is 0.902. The first kappa shape index (κ1) is 16.5. The van der Waals surface area contributed by atoms with E-state index < -0.39 is 6.10 Å². The minimum atomic E-state index is -0.449. The number of ether oxygens (including phenoxy) is 1. The zero-order valence-corrected chi connectivity index (χ0v) is 13.7. The van der Waals surface area contributed by atoms with Crippen LogP contribution in [-0.4, -0.2) is 11.7 Å². The number of hydrogen-bond donors (Lipinski definition) is 1. The Morgan fingerprint density at radius 3 is 2.58 bits per heavy atom. The number of rotatable bonds is 8. The zero-order chi connectivity index (χ0) is 14.3. The van der Waals surface area contributed by atoms with Gasteiger partial charge in [-0.1, -0.05) is 49.0 Å². The molecule has 0 aliphatic heterocycles. The van der Waals surface area contributed by atoms with Gasteiger partial charge in [0.2, 0.25) is 0 Å². The molecule has 0 aromatic heterocycles. The topological polar surface area (TPSA) is 29.5 Å². The molecule has 0 heterocycles. The number of aliphatic hydroxyl groups is 1. The number of hydrogen-bond acceptors (Lipinski definition) is 2. The molecule has 1 aromatic rings. The lowest BCUT2D eigenvalue weighted by Crippen LogP contribution is -2.13. The summed E-state index contributed by atoms with van der Waals surface area (Å²) in [6.07, 6.45) is 3.93. The van der Waals surface area contributed by atoms with Gasteiger partial charge in [-0.05, 0) is 37.5 Å². The minimum Gasteiger partial charge on any atom is -0.493 e. The van der Waals surface area contributed by atoms with Crippen molar-refractivity contribution in [3.05, 3.63) is 28.2 Å². The fourth-order valence-corrected chi connectivity index (χ4v) is 2.72. The van der Waals surface area contributed by atoms with E-state index in [1.54, 1.807) is 0 Å². The highest BCUT2D eigenvalue weighted by atomic mass is 79.9.